The van der Waals surface area contributed by atoms with Crippen LogP contribution in [0.1, 0.15) is 30.4 Å². The minimum atomic E-state index is -0.843. The topological polar surface area (TPSA) is 55.8 Å². The van der Waals surface area contributed by atoms with E-state index in [1.165, 1.54) is 0 Å². The molecule has 0 saturated carbocycles. The highest BCUT2D eigenvalue weighted by Gasteiger charge is 2.20. The van der Waals surface area contributed by atoms with Gasteiger partial charge in [-0.05, 0) is 48.2 Å². The largest absolute Gasteiger partial charge is 0.497 e. The zero-order chi connectivity index (χ0) is 16.7. The number of carbonyl (C=O) groups is 1. The van der Waals surface area contributed by atoms with Gasteiger partial charge in [-0.3, -0.25) is 4.79 Å². The second-order valence-corrected chi connectivity index (χ2v) is 5.36. The molecule has 4 heteroatoms. The lowest BCUT2D eigenvalue weighted by molar-refractivity contribution is -0.138. The molecule has 122 valence electrons. The Morgan fingerprint density at radius 3 is 2.48 bits per heavy atom. The summed E-state index contributed by atoms with van der Waals surface area (Å²) in [5.41, 5.74) is 1.70. The summed E-state index contributed by atoms with van der Waals surface area (Å²) < 4.78 is 10.7. The van der Waals surface area contributed by atoms with E-state index in [-0.39, 0.29) is 0 Å². The average Bonchev–Trinajstić information content (AvgIpc) is 2.58. The van der Waals surface area contributed by atoms with E-state index in [1.54, 1.807) is 13.2 Å². The van der Waals surface area contributed by atoms with E-state index in [4.69, 9.17) is 9.47 Å². The summed E-state index contributed by atoms with van der Waals surface area (Å²) in [5.74, 6) is 0.0259. The van der Waals surface area contributed by atoms with Gasteiger partial charge in [0.25, 0.3) is 0 Å². The third-order valence-electron chi connectivity index (χ3n) is 3.63. The van der Waals surface area contributed by atoms with Crippen LogP contribution in [0.4, 0.5) is 0 Å². The number of hydrogen-bond acceptors (Lipinski definition) is 3. The minimum Gasteiger partial charge on any atom is -0.497 e. The lowest BCUT2D eigenvalue weighted by atomic mass is 9.92. The van der Waals surface area contributed by atoms with Gasteiger partial charge in [0, 0.05) is 0 Å². The normalized spacial score (nSPS) is 11.7. The molecule has 0 amide bonds. The highest BCUT2D eigenvalue weighted by molar-refractivity contribution is 5.76. The van der Waals surface area contributed by atoms with E-state index in [2.05, 4.69) is 6.92 Å². The molecule has 0 aliphatic rings. The van der Waals surface area contributed by atoms with Crippen LogP contribution in [0.2, 0.25) is 0 Å². The van der Waals surface area contributed by atoms with Crippen LogP contribution in [-0.4, -0.2) is 24.8 Å². The number of carboxylic acid groups (broad SMARTS) is 1. The maximum atomic E-state index is 11.6. The van der Waals surface area contributed by atoms with Crippen LogP contribution in [0.5, 0.6) is 11.5 Å². The van der Waals surface area contributed by atoms with Gasteiger partial charge in [-0.2, -0.15) is 0 Å². The highest BCUT2D eigenvalue weighted by atomic mass is 16.5. The van der Waals surface area contributed by atoms with E-state index in [1.807, 2.05) is 42.5 Å². The number of carboxylic acids is 1. The van der Waals surface area contributed by atoms with E-state index >= 15 is 0 Å². The van der Waals surface area contributed by atoms with Crippen molar-refractivity contribution in [3.8, 4) is 11.5 Å². The summed E-state index contributed by atoms with van der Waals surface area (Å²) in [6.07, 6.45) is 1.38. The van der Waals surface area contributed by atoms with Gasteiger partial charge in [0.2, 0.25) is 0 Å². The molecule has 2 aromatic carbocycles. The minimum absolute atomic E-state index is 0.427. The molecule has 0 bridgehead atoms. The van der Waals surface area contributed by atoms with Gasteiger partial charge >= 0.3 is 5.97 Å². The first-order valence-corrected chi connectivity index (χ1v) is 7.72. The summed E-state index contributed by atoms with van der Waals surface area (Å²) in [4.78, 5) is 11.6. The fourth-order valence-corrected chi connectivity index (χ4v) is 2.38. The van der Waals surface area contributed by atoms with Crippen molar-refractivity contribution in [2.75, 3.05) is 13.7 Å². The third kappa shape index (κ3) is 4.74. The molecule has 23 heavy (non-hydrogen) atoms. The second kappa shape index (κ2) is 8.22. The standard InChI is InChI=1S/C19H22O4/c1-3-11-23-16-9-7-14(8-10-16)12-18(19(20)21)15-5-4-6-17(13-15)22-2/h4-10,13,18H,3,11-12H2,1-2H3,(H,20,21). The fourth-order valence-electron chi connectivity index (χ4n) is 2.38. The van der Waals surface area contributed by atoms with Crippen LogP contribution in [0, 0.1) is 0 Å². The second-order valence-electron chi connectivity index (χ2n) is 5.36. The van der Waals surface area contributed by atoms with Gasteiger partial charge in [0.1, 0.15) is 11.5 Å². The summed E-state index contributed by atoms with van der Waals surface area (Å²) in [5, 5.41) is 9.56. The summed E-state index contributed by atoms with van der Waals surface area (Å²) in [6.45, 7) is 2.74. The number of methoxy groups -OCH3 is 1. The van der Waals surface area contributed by atoms with Crippen molar-refractivity contribution in [3.05, 3.63) is 59.7 Å². The Hall–Kier alpha value is -2.49. The summed E-state index contributed by atoms with van der Waals surface area (Å²) in [6, 6.07) is 14.8. The Morgan fingerprint density at radius 1 is 1.13 bits per heavy atom. The Kier molecular flexibility index (Phi) is 6.03. The predicted molar refractivity (Wildman–Crippen MR) is 89.3 cm³/mol. The van der Waals surface area contributed by atoms with Crippen LogP contribution >= 0.6 is 0 Å². The SMILES string of the molecule is CCCOc1ccc(CC(C(=O)O)c2cccc(OC)c2)cc1. The Morgan fingerprint density at radius 2 is 1.87 bits per heavy atom. The molecule has 0 heterocycles. The highest BCUT2D eigenvalue weighted by Crippen LogP contribution is 2.25. The van der Waals surface area contributed by atoms with E-state index in [0.717, 1.165) is 23.3 Å². The van der Waals surface area contributed by atoms with E-state index in [9.17, 15) is 9.90 Å². The molecule has 4 nitrogen and oxygen atoms in total. The maximum Gasteiger partial charge on any atom is 0.311 e. The first-order valence-electron chi connectivity index (χ1n) is 7.72. The summed E-state index contributed by atoms with van der Waals surface area (Å²) >= 11 is 0. The molecule has 0 aliphatic heterocycles. The lowest BCUT2D eigenvalue weighted by Gasteiger charge is -2.14. The number of rotatable bonds is 8. The molecular weight excluding hydrogens is 292 g/mol. The molecule has 1 N–H and O–H groups in total. The van der Waals surface area contributed by atoms with Crippen molar-refractivity contribution in [2.45, 2.75) is 25.7 Å². The smallest absolute Gasteiger partial charge is 0.311 e. The maximum absolute atomic E-state index is 11.6. The number of aliphatic carboxylic acids is 1. The van der Waals surface area contributed by atoms with Crippen molar-refractivity contribution < 1.29 is 19.4 Å². The quantitative estimate of drug-likeness (QED) is 0.803. The van der Waals surface area contributed by atoms with E-state index in [0.29, 0.717) is 18.8 Å². The van der Waals surface area contributed by atoms with Gasteiger partial charge in [-0.15, -0.1) is 0 Å². The van der Waals surface area contributed by atoms with Crippen LogP contribution in [0.15, 0.2) is 48.5 Å². The van der Waals surface area contributed by atoms with Gasteiger partial charge in [0.15, 0.2) is 0 Å². The van der Waals surface area contributed by atoms with Crippen molar-refractivity contribution in [3.63, 3.8) is 0 Å². The molecule has 2 aromatic rings. The number of benzene rings is 2. The zero-order valence-electron chi connectivity index (χ0n) is 13.5. The van der Waals surface area contributed by atoms with Gasteiger partial charge in [-0.1, -0.05) is 31.2 Å². The van der Waals surface area contributed by atoms with Crippen molar-refractivity contribution in [2.24, 2.45) is 0 Å². The van der Waals surface area contributed by atoms with Crippen molar-refractivity contribution in [1.29, 1.82) is 0 Å². The average molecular weight is 314 g/mol. The number of hydrogen-bond donors (Lipinski definition) is 1. The Labute approximate surface area is 136 Å². The van der Waals surface area contributed by atoms with Gasteiger partial charge in [-0.25, -0.2) is 0 Å². The zero-order valence-corrected chi connectivity index (χ0v) is 13.5. The molecule has 0 fully saturated rings. The Balaban J connectivity index is 2.14. The first kappa shape index (κ1) is 16.9. The predicted octanol–water partition coefficient (Wildman–Crippen LogP) is 3.89. The van der Waals surface area contributed by atoms with Crippen LogP contribution in [0.3, 0.4) is 0 Å². The summed E-state index contributed by atoms with van der Waals surface area (Å²) in [7, 11) is 1.57. The van der Waals surface area contributed by atoms with Gasteiger partial charge < -0.3 is 14.6 Å². The van der Waals surface area contributed by atoms with Crippen molar-refractivity contribution >= 4 is 5.97 Å². The lowest BCUT2D eigenvalue weighted by Crippen LogP contribution is -2.14. The van der Waals surface area contributed by atoms with Crippen LogP contribution < -0.4 is 9.47 Å². The van der Waals surface area contributed by atoms with Crippen LogP contribution in [-0.2, 0) is 11.2 Å². The molecule has 1 unspecified atom stereocenters. The van der Waals surface area contributed by atoms with E-state index < -0.39 is 11.9 Å². The molecule has 0 aliphatic carbocycles. The molecule has 0 radical (unpaired) electrons. The molecule has 1 atom stereocenters. The number of ether oxygens (including phenoxy) is 2. The monoisotopic (exact) mass is 314 g/mol. The third-order valence-corrected chi connectivity index (χ3v) is 3.63. The van der Waals surface area contributed by atoms with Gasteiger partial charge in [0.05, 0.1) is 19.6 Å². The molecular formula is C19H22O4. The molecule has 0 saturated heterocycles. The first-order chi connectivity index (χ1) is 11.1. The van der Waals surface area contributed by atoms with Crippen LogP contribution in [0.25, 0.3) is 0 Å². The molecule has 0 spiro atoms. The molecule has 0 aromatic heterocycles. The fraction of sp³-hybridized carbons (Fsp3) is 0.316. The van der Waals surface area contributed by atoms with Crippen molar-refractivity contribution in [1.82, 2.24) is 0 Å². The Bertz CT molecular complexity index is 634. The molecule has 2 rings (SSSR count).